The molecule has 0 atom stereocenters. The normalized spacial score (nSPS) is 10.5. The fraction of sp³-hybridized carbons (Fsp3) is 0.286. The molecule has 7 nitrogen and oxygen atoms in total. The third-order valence-corrected chi connectivity index (χ3v) is 4.30. The summed E-state index contributed by atoms with van der Waals surface area (Å²) >= 11 is 0. The second-order valence-electron chi connectivity index (χ2n) is 6.48. The highest BCUT2D eigenvalue weighted by Crippen LogP contribution is 2.31. The van der Waals surface area contributed by atoms with Gasteiger partial charge in [-0.2, -0.15) is 15.0 Å². The molecule has 0 unspecified atom stereocenters. The fourth-order valence-electron chi connectivity index (χ4n) is 2.96. The summed E-state index contributed by atoms with van der Waals surface area (Å²) in [5, 5.41) is 6.51. The smallest absolute Gasteiger partial charge is 0.232 e. The van der Waals surface area contributed by atoms with Crippen LogP contribution in [0, 0.1) is 20.8 Å². The van der Waals surface area contributed by atoms with Gasteiger partial charge in [-0.25, -0.2) is 0 Å². The van der Waals surface area contributed by atoms with E-state index in [4.69, 9.17) is 9.47 Å². The molecule has 7 heteroatoms. The SMILES string of the molecule is COc1cccc(CNc2nc(C)nc(Nc3ccc(C)cc3C)n2)c1OC. The number of anilines is 3. The highest BCUT2D eigenvalue weighted by Gasteiger charge is 2.11. The molecule has 2 N–H and O–H groups in total. The first-order valence-corrected chi connectivity index (χ1v) is 9.01. The minimum absolute atomic E-state index is 0.490. The molecule has 0 spiro atoms. The number of hydrogen-bond acceptors (Lipinski definition) is 7. The summed E-state index contributed by atoms with van der Waals surface area (Å²) in [5.74, 6) is 2.99. The van der Waals surface area contributed by atoms with Crippen LogP contribution >= 0.6 is 0 Å². The maximum absolute atomic E-state index is 5.47. The molecule has 0 bridgehead atoms. The van der Waals surface area contributed by atoms with Crippen LogP contribution in [0.25, 0.3) is 0 Å². The van der Waals surface area contributed by atoms with Crippen molar-refractivity contribution in [2.75, 3.05) is 24.9 Å². The van der Waals surface area contributed by atoms with Crippen molar-refractivity contribution in [3.63, 3.8) is 0 Å². The number of para-hydroxylation sites is 1. The zero-order chi connectivity index (χ0) is 20.1. The Balaban J connectivity index is 1.79. The van der Waals surface area contributed by atoms with E-state index in [1.807, 2.05) is 31.2 Å². The maximum atomic E-state index is 5.47. The topological polar surface area (TPSA) is 81.2 Å². The number of aromatic nitrogens is 3. The average Bonchev–Trinajstić information content (AvgIpc) is 2.67. The molecule has 0 aliphatic heterocycles. The number of nitrogens with zero attached hydrogens (tertiary/aromatic N) is 3. The predicted octanol–water partition coefficient (Wildman–Crippen LogP) is 4.17. The first kappa shape index (κ1) is 19.4. The van der Waals surface area contributed by atoms with Crippen molar-refractivity contribution in [3.05, 3.63) is 58.9 Å². The first-order chi connectivity index (χ1) is 13.5. The molecule has 3 rings (SSSR count). The second kappa shape index (κ2) is 8.56. The summed E-state index contributed by atoms with van der Waals surface area (Å²) in [5.41, 5.74) is 4.26. The standard InChI is InChI=1S/C21H25N5O2/c1-13-9-10-17(14(2)11-13)25-21-24-15(3)23-20(26-21)22-12-16-7-6-8-18(27-4)19(16)28-5/h6-11H,12H2,1-5H3,(H2,22,23,24,25,26). The van der Waals surface area contributed by atoms with Gasteiger partial charge in [-0.15, -0.1) is 0 Å². The molecule has 1 aromatic heterocycles. The Hall–Kier alpha value is -3.35. The van der Waals surface area contributed by atoms with E-state index in [1.165, 1.54) is 5.56 Å². The molecule has 1 heterocycles. The van der Waals surface area contributed by atoms with Crippen LogP contribution in [0.2, 0.25) is 0 Å². The fourth-order valence-corrected chi connectivity index (χ4v) is 2.96. The molecule has 0 aliphatic carbocycles. The molecule has 0 fully saturated rings. The molecule has 0 aliphatic rings. The van der Waals surface area contributed by atoms with Gasteiger partial charge < -0.3 is 20.1 Å². The lowest BCUT2D eigenvalue weighted by Gasteiger charge is -2.14. The van der Waals surface area contributed by atoms with Crippen LogP contribution in [0.4, 0.5) is 17.6 Å². The quantitative estimate of drug-likeness (QED) is 0.637. The van der Waals surface area contributed by atoms with Crippen molar-refractivity contribution < 1.29 is 9.47 Å². The van der Waals surface area contributed by atoms with Gasteiger partial charge in [0.15, 0.2) is 11.5 Å². The van der Waals surface area contributed by atoms with Crippen LogP contribution < -0.4 is 20.1 Å². The van der Waals surface area contributed by atoms with E-state index in [9.17, 15) is 0 Å². The van der Waals surface area contributed by atoms with Gasteiger partial charge in [0.1, 0.15) is 5.82 Å². The van der Waals surface area contributed by atoms with Crippen molar-refractivity contribution in [1.82, 2.24) is 15.0 Å². The Morgan fingerprint density at radius 3 is 2.39 bits per heavy atom. The Morgan fingerprint density at radius 1 is 0.893 bits per heavy atom. The van der Waals surface area contributed by atoms with Crippen LogP contribution in [0.15, 0.2) is 36.4 Å². The van der Waals surface area contributed by atoms with Gasteiger partial charge in [0.05, 0.1) is 14.2 Å². The summed E-state index contributed by atoms with van der Waals surface area (Å²) < 4.78 is 10.8. The number of rotatable bonds is 7. The van der Waals surface area contributed by atoms with Crippen molar-refractivity contribution in [1.29, 1.82) is 0 Å². The molecule has 28 heavy (non-hydrogen) atoms. The van der Waals surface area contributed by atoms with Crippen LogP contribution in [0.1, 0.15) is 22.5 Å². The van der Waals surface area contributed by atoms with E-state index in [-0.39, 0.29) is 0 Å². The molecule has 0 amide bonds. The summed E-state index contributed by atoms with van der Waals surface area (Å²) in [6.45, 7) is 6.45. The van der Waals surface area contributed by atoms with Crippen LogP contribution in [-0.2, 0) is 6.54 Å². The predicted molar refractivity (Wildman–Crippen MR) is 111 cm³/mol. The van der Waals surface area contributed by atoms with Crippen LogP contribution in [0.5, 0.6) is 11.5 Å². The lowest BCUT2D eigenvalue weighted by Crippen LogP contribution is -2.09. The molecule has 0 radical (unpaired) electrons. The van der Waals surface area contributed by atoms with E-state index >= 15 is 0 Å². The number of methoxy groups -OCH3 is 2. The lowest BCUT2D eigenvalue weighted by atomic mass is 10.1. The molecule has 2 aromatic carbocycles. The molecule has 146 valence electrons. The van der Waals surface area contributed by atoms with Gasteiger partial charge in [-0.05, 0) is 38.5 Å². The average molecular weight is 379 g/mol. The zero-order valence-electron chi connectivity index (χ0n) is 16.8. The van der Waals surface area contributed by atoms with Crippen molar-refractivity contribution in [2.24, 2.45) is 0 Å². The van der Waals surface area contributed by atoms with Crippen molar-refractivity contribution in [3.8, 4) is 11.5 Å². The van der Waals surface area contributed by atoms with Gasteiger partial charge in [-0.1, -0.05) is 29.8 Å². The molecular formula is C21H25N5O2. The Kier molecular flexibility index (Phi) is 5.93. The Labute approximate surface area is 165 Å². The highest BCUT2D eigenvalue weighted by molar-refractivity contribution is 5.59. The largest absolute Gasteiger partial charge is 0.493 e. The minimum atomic E-state index is 0.490. The molecule has 0 saturated heterocycles. The van der Waals surface area contributed by atoms with Crippen molar-refractivity contribution >= 4 is 17.6 Å². The second-order valence-corrected chi connectivity index (χ2v) is 6.48. The number of nitrogens with one attached hydrogen (secondary N) is 2. The van der Waals surface area contributed by atoms with Crippen molar-refractivity contribution in [2.45, 2.75) is 27.3 Å². The Morgan fingerprint density at radius 2 is 1.68 bits per heavy atom. The van der Waals surface area contributed by atoms with Gasteiger partial charge in [0.25, 0.3) is 0 Å². The van der Waals surface area contributed by atoms with E-state index in [2.05, 4.69) is 51.6 Å². The van der Waals surface area contributed by atoms with Crippen LogP contribution in [0.3, 0.4) is 0 Å². The monoisotopic (exact) mass is 379 g/mol. The molecule has 3 aromatic rings. The van der Waals surface area contributed by atoms with Crippen LogP contribution in [-0.4, -0.2) is 29.2 Å². The minimum Gasteiger partial charge on any atom is -0.493 e. The summed E-state index contributed by atoms with van der Waals surface area (Å²) in [7, 11) is 3.25. The third-order valence-electron chi connectivity index (χ3n) is 4.30. The van der Waals surface area contributed by atoms with E-state index < -0.39 is 0 Å². The van der Waals surface area contributed by atoms with E-state index in [0.29, 0.717) is 35.8 Å². The number of hydrogen-bond donors (Lipinski definition) is 2. The summed E-state index contributed by atoms with van der Waals surface area (Å²) in [6, 6.07) is 11.9. The van der Waals surface area contributed by atoms with Gasteiger partial charge in [0, 0.05) is 17.8 Å². The summed E-state index contributed by atoms with van der Waals surface area (Å²) in [6.07, 6.45) is 0. The summed E-state index contributed by atoms with van der Waals surface area (Å²) in [4.78, 5) is 13.3. The Bertz CT molecular complexity index is 975. The van der Waals surface area contributed by atoms with E-state index in [1.54, 1.807) is 14.2 Å². The maximum Gasteiger partial charge on any atom is 0.232 e. The lowest BCUT2D eigenvalue weighted by molar-refractivity contribution is 0.352. The van der Waals surface area contributed by atoms with Gasteiger partial charge in [-0.3, -0.25) is 0 Å². The highest BCUT2D eigenvalue weighted by atomic mass is 16.5. The molecular weight excluding hydrogens is 354 g/mol. The van der Waals surface area contributed by atoms with E-state index in [0.717, 1.165) is 16.8 Å². The zero-order valence-corrected chi connectivity index (χ0v) is 16.8. The number of benzene rings is 2. The number of aryl methyl sites for hydroxylation is 3. The first-order valence-electron chi connectivity index (χ1n) is 9.01. The van der Waals surface area contributed by atoms with Gasteiger partial charge in [0.2, 0.25) is 11.9 Å². The third kappa shape index (κ3) is 4.49. The van der Waals surface area contributed by atoms with Gasteiger partial charge >= 0.3 is 0 Å². The number of ether oxygens (including phenoxy) is 2. The molecule has 0 saturated carbocycles.